The van der Waals surface area contributed by atoms with Gasteiger partial charge in [-0.25, -0.2) is 0 Å². The quantitative estimate of drug-likeness (QED) is 0.672. The lowest BCUT2D eigenvalue weighted by atomic mass is 10.1. The van der Waals surface area contributed by atoms with Crippen LogP contribution in [0.4, 0.5) is 0 Å². The van der Waals surface area contributed by atoms with Gasteiger partial charge in [-0.3, -0.25) is 0 Å². The first-order valence-corrected chi connectivity index (χ1v) is 8.24. The molecule has 0 N–H and O–H groups in total. The van der Waals surface area contributed by atoms with Crippen molar-refractivity contribution in [2.75, 3.05) is 0 Å². The van der Waals surface area contributed by atoms with Crippen LogP contribution in [0.25, 0.3) is 5.69 Å². The number of benzene rings is 2. The van der Waals surface area contributed by atoms with Crippen molar-refractivity contribution in [1.82, 2.24) is 20.2 Å². The van der Waals surface area contributed by atoms with Gasteiger partial charge in [-0.05, 0) is 47.5 Å². The molecule has 0 amide bonds. The number of nitrogens with zero attached hydrogens (tertiary/aromatic N) is 4. The molecule has 0 saturated heterocycles. The Labute approximate surface area is 138 Å². The second-order valence-electron chi connectivity index (χ2n) is 5.04. The minimum Gasteiger partial charge on any atom is -0.187 e. The van der Waals surface area contributed by atoms with Crippen LogP contribution in [0.1, 0.15) is 16.7 Å². The molecule has 3 aromatic rings. The maximum Gasteiger partial charge on any atom is 0.214 e. The van der Waals surface area contributed by atoms with Crippen molar-refractivity contribution in [1.29, 1.82) is 0 Å². The van der Waals surface area contributed by atoms with Gasteiger partial charge in [0, 0.05) is 10.8 Å². The molecule has 0 atom stereocenters. The molecule has 2 aromatic carbocycles. The number of thioether (sulfide) groups is 1. The molecule has 0 spiro atoms. The van der Waals surface area contributed by atoms with E-state index in [1.54, 1.807) is 16.4 Å². The molecule has 0 saturated carbocycles. The highest BCUT2D eigenvalue weighted by atomic mass is 35.5. The third-order valence-electron chi connectivity index (χ3n) is 3.34. The normalized spacial score (nSPS) is 10.9. The van der Waals surface area contributed by atoms with E-state index in [2.05, 4.69) is 41.5 Å². The van der Waals surface area contributed by atoms with Crippen molar-refractivity contribution in [2.45, 2.75) is 24.8 Å². The second-order valence-corrected chi connectivity index (χ2v) is 6.39. The van der Waals surface area contributed by atoms with E-state index in [1.165, 1.54) is 5.56 Å². The fourth-order valence-electron chi connectivity index (χ4n) is 2.22. The summed E-state index contributed by atoms with van der Waals surface area (Å²) in [4.78, 5) is 0. The van der Waals surface area contributed by atoms with Crippen LogP contribution in [0, 0.1) is 13.8 Å². The van der Waals surface area contributed by atoms with E-state index in [1.807, 2.05) is 30.3 Å². The highest BCUT2D eigenvalue weighted by Gasteiger charge is 2.12. The molecule has 0 aliphatic carbocycles. The van der Waals surface area contributed by atoms with E-state index >= 15 is 0 Å². The van der Waals surface area contributed by atoms with Gasteiger partial charge in [0.25, 0.3) is 0 Å². The average molecular weight is 331 g/mol. The van der Waals surface area contributed by atoms with Crippen LogP contribution in [0.15, 0.2) is 47.6 Å². The summed E-state index contributed by atoms with van der Waals surface area (Å²) in [7, 11) is 0. The lowest BCUT2D eigenvalue weighted by Gasteiger charge is -2.08. The van der Waals surface area contributed by atoms with Gasteiger partial charge in [-0.1, -0.05) is 59.3 Å². The van der Waals surface area contributed by atoms with Gasteiger partial charge in [0.1, 0.15) is 0 Å². The Morgan fingerprint density at radius 3 is 2.73 bits per heavy atom. The van der Waals surface area contributed by atoms with Crippen LogP contribution >= 0.6 is 23.4 Å². The monoisotopic (exact) mass is 330 g/mol. The van der Waals surface area contributed by atoms with Gasteiger partial charge in [0.15, 0.2) is 0 Å². The van der Waals surface area contributed by atoms with Gasteiger partial charge in [-0.15, -0.1) is 5.10 Å². The fourth-order valence-corrected chi connectivity index (χ4v) is 3.39. The van der Waals surface area contributed by atoms with E-state index < -0.39 is 0 Å². The summed E-state index contributed by atoms with van der Waals surface area (Å²) in [6.45, 7) is 4.13. The van der Waals surface area contributed by atoms with Crippen molar-refractivity contribution in [3.8, 4) is 5.69 Å². The number of aryl methyl sites for hydroxylation is 2. The molecule has 1 heterocycles. The smallest absolute Gasteiger partial charge is 0.187 e. The third kappa shape index (κ3) is 3.15. The lowest BCUT2D eigenvalue weighted by molar-refractivity contribution is 0.751. The molecule has 0 aliphatic rings. The van der Waals surface area contributed by atoms with Crippen molar-refractivity contribution in [3.05, 3.63) is 64.2 Å². The minimum atomic E-state index is 0.727. The molecule has 22 heavy (non-hydrogen) atoms. The maximum atomic E-state index is 6.19. The van der Waals surface area contributed by atoms with Crippen LogP contribution in [0.2, 0.25) is 5.02 Å². The number of aromatic nitrogens is 4. The van der Waals surface area contributed by atoms with Crippen LogP contribution in [-0.4, -0.2) is 20.2 Å². The Morgan fingerprint density at radius 1 is 1.14 bits per heavy atom. The van der Waals surface area contributed by atoms with E-state index in [0.29, 0.717) is 0 Å². The zero-order valence-corrected chi connectivity index (χ0v) is 13.9. The Morgan fingerprint density at radius 2 is 1.95 bits per heavy atom. The molecular formula is C16H15ClN4S. The molecule has 0 bridgehead atoms. The molecule has 0 radical (unpaired) electrons. The van der Waals surface area contributed by atoms with Gasteiger partial charge in [-0.2, -0.15) is 4.68 Å². The van der Waals surface area contributed by atoms with Crippen LogP contribution in [0.5, 0.6) is 0 Å². The molecule has 4 nitrogen and oxygen atoms in total. The lowest BCUT2D eigenvalue weighted by Crippen LogP contribution is -2.02. The van der Waals surface area contributed by atoms with Gasteiger partial charge >= 0.3 is 0 Å². The standard InChI is InChI=1S/C16H15ClN4S/c1-11-7-8-15(12(2)9-11)21-16(18-19-20-21)22-10-13-5-3-4-6-14(13)17/h3-9H,10H2,1-2H3. The summed E-state index contributed by atoms with van der Waals surface area (Å²) in [6.07, 6.45) is 0. The van der Waals surface area contributed by atoms with Crippen LogP contribution in [-0.2, 0) is 5.75 Å². The highest BCUT2D eigenvalue weighted by Crippen LogP contribution is 2.27. The SMILES string of the molecule is Cc1ccc(-n2nnnc2SCc2ccccc2Cl)c(C)c1. The predicted octanol–water partition coefficient (Wildman–Crippen LogP) is 4.22. The molecule has 112 valence electrons. The average Bonchev–Trinajstić information content (AvgIpc) is 2.95. The zero-order valence-electron chi connectivity index (χ0n) is 12.3. The molecule has 3 rings (SSSR count). The van der Waals surface area contributed by atoms with E-state index in [9.17, 15) is 0 Å². The summed E-state index contributed by atoms with van der Waals surface area (Å²) >= 11 is 7.76. The van der Waals surface area contributed by atoms with Crippen molar-refractivity contribution >= 4 is 23.4 Å². The van der Waals surface area contributed by atoms with Crippen molar-refractivity contribution in [3.63, 3.8) is 0 Å². The first-order valence-electron chi connectivity index (χ1n) is 6.87. The van der Waals surface area contributed by atoms with E-state index in [0.717, 1.165) is 32.7 Å². The van der Waals surface area contributed by atoms with Crippen molar-refractivity contribution < 1.29 is 0 Å². The molecular weight excluding hydrogens is 316 g/mol. The summed E-state index contributed by atoms with van der Waals surface area (Å²) in [5.41, 5.74) is 4.44. The van der Waals surface area contributed by atoms with Crippen LogP contribution < -0.4 is 0 Å². The summed E-state index contributed by atoms with van der Waals surface area (Å²) < 4.78 is 1.77. The Balaban J connectivity index is 1.85. The topological polar surface area (TPSA) is 43.6 Å². The Bertz CT molecular complexity index is 800. The number of hydrogen-bond acceptors (Lipinski definition) is 4. The van der Waals surface area contributed by atoms with Gasteiger partial charge in [0.05, 0.1) is 5.69 Å². The summed E-state index contributed by atoms with van der Waals surface area (Å²) in [5, 5.41) is 13.6. The first-order chi connectivity index (χ1) is 10.6. The second kappa shape index (κ2) is 6.50. The van der Waals surface area contributed by atoms with Gasteiger partial charge in [0.2, 0.25) is 5.16 Å². The maximum absolute atomic E-state index is 6.19. The number of rotatable bonds is 4. The Kier molecular flexibility index (Phi) is 4.45. The van der Waals surface area contributed by atoms with Crippen LogP contribution in [0.3, 0.4) is 0 Å². The molecule has 0 aliphatic heterocycles. The van der Waals surface area contributed by atoms with E-state index in [-0.39, 0.29) is 0 Å². The first kappa shape index (κ1) is 15.1. The zero-order chi connectivity index (χ0) is 15.5. The summed E-state index contributed by atoms with van der Waals surface area (Å²) in [5.74, 6) is 0.727. The molecule has 6 heteroatoms. The molecule has 1 aromatic heterocycles. The highest BCUT2D eigenvalue weighted by molar-refractivity contribution is 7.98. The largest absolute Gasteiger partial charge is 0.214 e. The van der Waals surface area contributed by atoms with Gasteiger partial charge < -0.3 is 0 Å². The molecule has 0 fully saturated rings. The molecule has 0 unspecified atom stereocenters. The minimum absolute atomic E-state index is 0.727. The summed E-state index contributed by atoms with van der Waals surface area (Å²) in [6, 6.07) is 14.0. The van der Waals surface area contributed by atoms with E-state index in [4.69, 9.17) is 11.6 Å². The Hall–Kier alpha value is -1.85. The van der Waals surface area contributed by atoms with Crippen molar-refractivity contribution in [2.24, 2.45) is 0 Å². The number of halogens is 1. The number of tetrazole rings is 1. The predicted molar refractivity (Wildman–Crippen MR) is 89.6 cm³/mol. The number of hydrogen-bond donors (Lipinski definition) is 0. The fraction of sp³-hybridized carbons (Fsp3) is 0.188. The third-order valence-corrected chi connectivity index (χ3v) is 4.67.